The van der Waals surface area contributed by atoms with Gasteiger partial charge >= 0.3 is 0 Å². The van der Waals surface area contributed by atoms with Crippen molar-refractivity contribution in [3.8, 4) is 11.3 Å². The molecule has 0 radical (unpaired) electrons. The van der Waals surface area contributed by atoms with Crippen molar-refractivity contribution >= 4 is 11.9 Å². The second-order valence-electron chi connectivity index (χ2n) is 6.35. The van der Waals surface area contributed by atoms with E-state index in [1.807, 2.05) is 6.07 Å². The molecule has 4 rings (SSSR count). The fourth-order valence-electron chi connectivity index (χ4n) is 3.30. The minimum absolute atomic E-state index is 0.00517. The second-order valence-corrected chi connectivity index (χ2v) is 6.35. The van der Waals surface area contributed by atoms with Crippen molar-refractivity contribution in [1.29, 1.82) is 0 Å². The maximum absolute atomic E-state index is 13.2. The molecule has 1 unspecified atom stereocenters. The van der Waals surface area contributed by atoms with Gasteiger partial charge in [0.2, 0.25) is 0 Å². The number of rotatable bonds is 4. The largest absolute Gasteiger partial charge is 0.369 e. The van der Waals surface area contributed by atoms with E-state index < -0.39 is 23.6 Å². The molecule has 3 N–H and O–H groups in total. The molecule has 3 aromatic rings. The van der Waals surface area contributed by atoms with Crippen molar-refractivity contribution in [2.24, 2.45) is 10.7 Å². The van der Waals surface area contributed by atoms with Crippen molar-refractivity contribution in [1.82, 2.24) is 20.1 Å². The first-order valence-electron chi connectivity index (χ1n) is 8.42. The van der Waals surface area contributed by atoms with Crippen LogP contribution in [0, 0.1) is 0 Å². The van der Waals surface area contributed by atoms with Crippen LogP contribution in [0.15, 0.2) is 59.9 Å². The number of benzene rings is 1. The Bertz CT molecular complexity index is 1070. The number of carbonyl (C=O) groups excluding carboxylic acids is 1. The standard InChI is InChI=1S/C19H16F2N6O/c1-27-17(28)19(25-18(27)22,13-5-7-23-15(10-13)16(20)21)12-4-2-3-11(9-12)14-6-8-24-26-14/h2-10,16H,1H3,(H2,22,25)(H,24,26). The lowest BCUT2D eigenvalue weighted by molar-refractivity contribution is -0.129. The summed E-state index contributed by atoms with van der Waals surface area (Å²) in [6.45, 7) is 0. The van der Waals surface area contributed by atoms with Gasteiger partial charge in [0, 0.05) is 25.0 Å². The van der Waals surface area contributed by atoms with Gasteiger partial charge in [-0.15, -0.1) is 0 Å². The molecule has 0 saturated carbocycles. The Balaban J connectivity index is 1.95. The molecule has 1 amide bonds. The summed E-state index contributed by atoms with van der Waals surface area (Å²) in [7, 11) is 1.50. The van der Waals surface area contributed by atoms with E-state index in [-0.39, 0.29) is 11.5 Å². The first-order chi connectivity index (χ1) is 13.4. The van der Waals surface area contributed by atoms with Crippen molar-refractivity contribution in [2.45, 2.75) is 12.0 Å². The molecule has 0 spiro atoms. The Morgan fingerprint density at radius 1 is 1.18 bits per heavy atom. The highest BCUT2D eigenvalue weighted by atomic mass is 19.3. The molecule has 9 heteroatoms. The van der Waals surface area contributed by atoms with Crippen LogP contribution in [-0.4, -0.2) is 39.0 Å². The van der Waals surface area contributed by atoms with Gasteiger partial charge in [-0.1, -0.05) is 18.2 Å². The van der Waals surface area contributed by atoms with E-state index in [2.05, 4.69) is 20.2 Å². The number of nitrogens with two attached hydrogens (primary N) is 1. The summed E-state index contributed by atoms with van der Waals surface area (Å²) < 4.78 is 26.5. The third-order valence-electron chi connectivity index (χ3n) is 4.74. The van der Waals surface area contributed by atoms with Crippen LogP contribution in [0.1, 0.15) is 23.2 Å². The van der Waals surface area contributed by atoms with E-state index in [0.717, 1.165) is 5.56 Å². The topological polar surface area (TPSA) is 100 Å². The number of hydrogen-bond acceptors (Lipinski definition) is 5. The molecule has 1 aliphatic rings. The molecule has 142 valence electrons. The Hall–Kier alpha value is -3.62. The number of nitrogens with zero attached hydrogens (tertiary/aromatic N) is 4. The normalized spacial score (nSPS) is 19.4. The van der Waals surface area contributed by atoms with Crippen molar-refractivity contribution in [2.75, 3.05) is 7.05 Å². The molecule has 1 aromatic carbocycles. The lowest BCUT2D eigenvalue weighted by Gasteiger charge is -2.26. The number of likely N-dealkylation sites (N-methyl/N-ethyl adjacent to an activating group) is 1. The monoisotopic (exact) mass is 382 g/mol. The maximum atomic E-state index is 13.2. The maximum Gasteiger partial charge on any atom is 0.280 e. The van der Waals surface area contributed by atoms with Gasteiger partial charge in [-0.25, -0.2) is 13.8 Å². The van der Waals surface area contributed by atoms with Gasteiger partial charge in [0.05, 0.1) is 5.69 Å². The molecule has 1 aliphatic heterocycles. The summed E-state index contributed by atoms with van der Waals surface area (Å²) in [5, 5.41) is 6.88. The van der Waals surface area contributed by atoms with Gasteiger partial charge in [0.1, 0.15) is 5.69 Å². The Labute approximate surface area is 158 Å². The van der Waals surface area contributed by atoms with Gasteiger partial charge < -0.3 is 5.73 Å². The molecule has 0 fully saturated rings. The first-order valence-corrected chi connectivity index (χ1v) is 8.42. The fourth-order valence-corrected chi connectivity index (χ4v) is 3.30. The average molecular weight is 382 g/mol. The van der Waals surface area contributed by atoms with Gasteiger partial charge in [-0.05, 0) is 35.4 Å². The average Bonchev–Trinajstić information content (AvgIpc) is 3.32. The number of alkyl halides is 2. The molecule has 0 bridgehead atoms. The molecule has 28 heavy (non-hydrogen) atoms. The van der Waals surface area contributed by atoms with Crippen LogP contribution < -0.4 is 5.73 Å². The molecule has 7 nitrogen and oxygen atoms in total. The minimum atomic E-state index is -2.78. The lowest BCUT2D eigenvalue weighted by Crippen LogP contribution is -2.41. The zero-order valence-corrected chi connectivity index (χ0v) is 14.8. The van der Waals surface area contributed by atoms with Crippen LogP contribution >= 0.6 is 0 Å². The summed E-state index contributed by atoms with van der Waals surface area (Å²) in [5.74, 6) is -0.429. The fraction of sp³-hybridized carbons (Fsp3) is 0.158. The highest BCUT2D eigenvalue weighted by molar-refractivity contribution is 6.09. The summed E-state index contributed by atoms with van der Waals surface area (Å²) in [4.78, 5) is 22.5. The van der Waals surface area contributed by atoms with E-state index in [0.29, 0.717) is 11.3 Å². The second kappa shape index (κ2) is 6.52. The quantitative estimate of drug-likeness (QED) is 0.724. The van der Waals surface area contributed by atoms with Crippen molar-refractivity contribution < 1.29 is 13.6 Å². The van der Waals surface area contributed by atoms with Crippen LogP contribution in [0.5, 0.6) is 0 Å². The van der Waals surface area contributed by atoms with Gasteiger partial charge in [0.15, 0.2) is 11.5 Å². The van der Waals surface area contributed by atoms with E-state index in [1.54, 1.807) is 30.5 Å². The molecule has 3 heterocycles. The van der Waals surface area contributed by atoms with E-state index in [9.17, 15) is 13.6 Å². The first kappa shape index (κ1) is 17.8. The predicted molar refractivity (Wildman–Crippen MR) is 98.4 cm³/mol. The predicted octanol–water partition coefficient (Wildman–Crippen LogP) is 2.44. The smallest absolute Gasteiger partial charge is 0.280 e. The van der Waals surface area contributed by atoms with Gasteiger partial charge in [-0.2, -0.15) is 5.10 Å². The number of carbonyl (C=O) groups is 1. The number of guanidine groups is 1. The summed E-state index contributed by atoms with van der Waals surface area (Å²) in [5.41, 5.74) is 6.11. The molecule has 1 atom stereocenters. The number of halogens is 2. The third kappa shape index (κ3) is 2.63. The minimum Gasteiger partial charge on any atom is -0.369 e. The van der Waals surface area contributed by atoms with E-state index in [4.69, 9.17) is 5.73 Å². The highest BCUT2D eigenvalue weighted by Crippen LogP contribution is 2.41. The van der Waals surface area contributed by atoms with Gasteiger partial charge in [0.25, 0.3) is 12.3 Å². The molecule has 0 saturated heterocycles. The Morgan fingerprint density at radius 2 is 1.96 bits per heavy atom. The number of hydrogen-bond donors (Lipinski definition) is 2. The zero-order chi connectivity index (χ0) is 19.9. The third-order valence-corrected chi connectivity index (χ3v) is 4.74. The molecule has 0 aliphatic carbocycles. The van der Waals surface area contributed by atoms with Crippen LogP contribution in [-0.2, 0) is 10.3 Å². The Morgan fingerprint density at radius 3 is 2.61 bits per heavy atom. The van der Waals surface area contributed by atoms with Crippen LogP contribution in [0.25, 0.3) is 11.3 Å². The number of aliphatic imine (C=N–C) groups is 1. The van der Waals surface area contributed by atoms with Crippen LogP contribution in [0.3, 0.4) is 0 Å². The van der Waals surface area contributed by atoms with E-state index in [1.165, 1.54) is 30.3 Å². The number of aromatic nitrogens is 3. The van der Waals surface area contributed by atoms with Gasteiger partial charge in [-0.3, -0.25) is 19.8 Å². The number of H-pyrrole nitrogens is 1. The summed E-state index contributed by atoms with van der Waals surface area (Å²) in [6.07, 6.45) is 0.149. The number of amides is 1. The zero-order valence-electron chi connectivity index (χ0n) is 14.8. The molecular formula is C19H16F2N6O. The number of aromatic amines is 1. The highest BCUT2D eigenvalue weighted by Gasteiger charge is 2.49. The van der Waals surface area contributed by atoms with Crippen molar-refractivity contribution in [3.63, 3.8) is 0 Å². The van der Waals surface area contributed by atoms with Crippen molar-refractivity contribution in [3.05, 3.63) is 71.7 Å². The van der Waals surface area contributed by atoms with Crippen LogP contribution in [0.2, 0.25) is 0 Å². The number of pyridine rings is 1. The molecular weight excluding hydrogens is 366 g/mol. The summed E-state index contributed by atoms with van der Waals surface area (Å²) in [6, 6.07) is 11.5. The van der Waals surface area contributed by atoms with E-state index >= 15 is 0 Å². The number of nitrogens with one attached hydrogen (secondary N) is 1. The molecule has 2 aromatic heterocycles. The lowest BCUT2D eigenvalue weighted by atomic mass is 9.82. The van der Waals surface area contributed by atoms with Crippen LogP contribution in [0.4, 0.5) is 8.78 Å². The SMILES string of the molecule is CN1C(=O)C(c2cccc(-c3cc[nH]n3)c2)(c2ccnc(C(F)F)c2)N=C1N. The Kier molecular flexibility index (Phi) is 4.14. The summed E-state index contributed by atoms with van der Waals surface area (Å²) >= 11 is 0.